The first kappa shape index (κ1) is 19.9. The van der Waals surface area contributed by atoms with Crippen LogP contribution in [0.15, 0.2) is 58.8 Å². The number of aromatic nitrogens is 3. The molecule has 28 heavy (non-hydrogen) atoms. The monoisotopic (exact) mass is 396 g/mol. The topological polar surface area (TPSA) is 73.0 Å². The van der Waals surface area contributed by atoms with Gasteiger partial charge < -0.3 is 9.73 Å². The molecule has 2 aromatic heterocycles. The second-order valence-corrected chi connectivity index (χ2v) is 7.66. The zero-order valence-corrected chi connectivity index (χ0v) is 17.1. The molecular formula is C21H24N4O2S. The highest BCUT2D eigenvalue weighted by Crippen LogP contribution is 2.28. The highest BCUT2D eigenvalue weighted by atomic mass is 32.2. The molecule has 0 aliphatic carbocycles. The van der Waals surface area contributed by atoms with Gasteiger partial charge >= 0.3 is 0 Å². The van der Waals surface area contributed by atoms with Gasteiger partial charge in [-0.1, -0.05) is 49.9 Å². The van der Waals surface area contributed by atoms with E-state index in [-0.39, 0.29) is 11.7 Å². The quantitative estimate of drug-likeness (QED) is 0.434. The third kappa shape index (κ3) is 4.36. The molecule has 1 aromatic carbocycles. The van der Waals surface area contributed by atoms with Crippen molar-refractivity contribution in [2.75, 3.05) is 11.1 Å². The van der Waals surface area contributed by atoms with E-state index >= 15 is 0 Å². The lowest BCUT2D eigenvalue weighted by molar-refractivity contribution is -0.113. The molecule has 0 atom stereocenters. The summed E-state index contributed by atoms with van der Waals surface area (Å²) in [6, 6.07) is 9.71. The average Bonchev–Trinajstić information content (AvgIpc) is 3.31. The van der Waals surface area contributed by atoms with Gasteiger partial charge in [-0.25, -0.2) is 0 Å². The summed E-state index contributed by atoms with van der Waals surface area (Å²) in [4.78, 5) is 12.6. The Morgan fingerprint density at radius 1 is 1.32 bits per heavy atom. The smallest absolute Gasteiger partial charge is 0.234 e. The molecule has 1 N–H and O–H groups in total. The summed E-state index contributed by atoms with van der Waals surface area (Å²) in [5.41, 5.74) is 3.08. The number of carbonyl (C=O) groups excluding carboxylic acids is 1. The number of thioether (sulfide) groups is 1. The first-order valence-electron chi connectivity index (χ1n) is 9.11. The van der Waals surface area contributed by atoms with Crippen molar-refractivity contribution in [2.45, 2.75) is 38.4 Å². The lowest BCUT2D eigenvalue weighted by Gasteiger charge is -2.16. The van der Waals surface area contributed by atoms with Crippen LogP contribution in [0.2, 0.25) is 0 Å². The van der Waals surface area contributed by atoms with Crippen LogP contribution >= 0.6 is 11.8 Å². The summed E-state index contributed by atoms with van der Waals surface area (Å²) in [6.45, 7) is 10.6. The van der Waals surface area contributed by atoms with E-state index in [1.807, 2.05) is 29.7 Å². The van der Waals surface area contributed by atoms with E-state index in [2.05, 4.69) is 42.0 Å². The highest BCUT2D eigenvalue weighted by Gasteiger charge is 2.17. The van der Waals surface area contributed by atoms with Crippen LogP contribution in [-0.4, -0.2) is 26.4 Å². The van der Waals surface area contributed by atoms with Gasteiger partial charge in [0.05, 0.1) is 12.0 Å². The number of rotatable bonds is 8. The summed E-state index contributed by atoms with van der Waals surface area (Å²) in [5, 5.41) is 12.1. The van der Waals surface area contributed by atoms with Crippen LogP contribution in [0.3, 0.4) is 0 Å². The Bertz CT molecular complexity index is 961. The lowest BCUT2D eigenvalue weighted by atomic mass is 9.98. The summed E-state index contributed by atoms with van der Waals surface area (Å²) < 4.78 is 7.31. The number of para-hydroxylation sites is 1. The van der Waals surface area contributed by atoms with Crippen molar-refractivity contribution in [3.8, 4) is 11.6 Å². The van der Waals surface area contributed by atoms with E-state index in [1.54, 1.807) is 18.4 Å². The number of furan rings is 1. The number of hydrogen-bond acceptors (Lipinski definition) is 5. The van der Waals surface area contributed by atoms with E-state index in [4.69, 9.17) is 4.42 Å². The fourth-order valence-electron chi connectivity index (χ4n) is 2.93. The molecule has 0 saturated carbocycles. The molecule has 0 aliphatic rings. The minimum Gasteiger partial charge on any atom is -0.461 e. The Kier molecular flexibility index (Phi) is 6.36. The maximum Gasteiger partial charge on any atom is 0.234 e. The van der Waals surface area contributed by atoms with Gasteiger partial charge in [-0.2, -0.15) is 0 Å². The maximum atomic E-state index is 12.6. The van der Waals surface area contributed by atoms with Crippen LogP contribution in [0, 0.1) is 6.92 Å². The van der Waals surface area contributed by atoms with Crippen LogP contribution in [-0.2, 0) is 11.3 Å². The van der Waals surface area contributed by atoms with Crippen molar-refractivity contribution in [1.29, 1.82) is 0 Å². The first-order chi connectivity index (χ1) is 13.5. The summed E-state index contributed by atoms with van der Waals surface area (Å²) >= 11 is 1.34. The molecule has 3 aromatic rings. The fraction of sp³-hybridized carbons (Fsp3) is 0.286. The predicted octanol–water partition coefficient (Wildman–Crippen LogP) is 4.89. The Labute approximate surface area is 169 Å². The molecule has 0 radical (unpaired) electrons. The Morgan fingerprint density at radius 3 is 2.82 bits per heavy atom. The van der Waals surface area contributed by atoms with Gasteiger partial charge in [-0.05, 0) is 36.1 Å². The number of hydrogen-bond donors (Lipinski definition) is 1. The molecule has 6 nitrogen and oxygen atoms in total. The molecule has 1 amide bonds. The second kappa shape index (κ2) is 8.93. The second-order valence-electron chi connectivity index (χ2n) is 6.71. The summed E-state index contributed by atoms with van der Waals surface area (Å²) in [5.74, 6) is 1.74. The molecule has 0 fully saturated rings. The van der Waals surface area contributed by atoms with Crippen LogP contribution < -0.4 is 5.32 Å². The number of benzene rings is 1. The summed E-state index contributed by atoms with van der Waals surface area (Å²) in [7, 11) is 0. The van der Waals surface area contributed by atoms with E-state index in [0.717, 1.165) is 16.8 Å². The van der Waals surface area contributed by atoms with E-state index in [9.17, 15) is 4.79 Å². The van der Waals surface area contributed by atoms with Crippen molar-refractivity contribution in [3.63, 3.8) is 0 Å². The van der Waals surface area contributed by atoms with E-state index in [1.165, 1.54) is 11.8 Å². The Morgan fingerprint density at radius 2 is 2.14 bits per heavy atom. The van der Waals surface area contributed by atoms with Gasteiger partial charge in [0.1, 0.15) is 0 Å². The fourth-order valence-corrected chi connectivity index (χ4v) is 3.67. The molecule has 2 heterocycles. The molecule has 0 bridgehead atoms. The average molecular weight is 397 g/mol. The molecule has 3 rings (SSSR count). The predicted molar refractivity (Wildman–Crippen MR) is 113 cm³/mol. The first-order valence-corrected chi connectivity index (χ1v) is 10.1. The molecule has 0 saturated heterocycles. The van der Waals surface area contributed by atoms with E-state index in [0.29, 0.717) is 29.2 Å². The Balaban J connectivity index is 1.73. The van der Waals surface area contributed by atoms with Crippen LogP contribution in [0.1, 0.15) is 30.9 Å². The number of nitrogens with one attached hydrogen (secondary N) is 1. The van der Waals surface area contributed by atoms with Gasteiger partial charge in [0.2, 0.25) is 11.7 Å². The zero-order valence-electron chi connectivity index (χ0n) is 16.3. The van der Waals surface area contributed by atoms with Crippen molar-refractivity contribution in [2.24, 2.45) is 0 Å². The minimum atomic E-state index is -0.0751. The van der Waals surface area contributed by atoms with Crippen LogP contribution in [0.5, 0.6) is 0 Å². The van der Waals surface area contributed by atoms with Crippen LogP contribution in [0.25, 0.3) is 11.6 Å². The zero-order chi connectivity index (χ0) is 20.1. The third-order valence-corrected chi connectivity index (χ3v) is 5.26. The standard InChI is InChI=1S/C21H24N4O2S/c1-5-11-25-20(17-10-7-12-27-17)23-24-21(25)28-13-18(26)22-19-15(4)8-6-9-16(19)14(2)3/h5-10,12,14H,1,11,13H2,2-4H3,(H,22,26). The van der Waals surface area contributed by atoms with Crippen molar-refractivity contribution >= 4 is 23.4 Å². The number of nitrogens with zero attached hydrogens (tertiary/aromatic N) is 3. The van der Waals surface area contributed by atoms with Gasteiger partial charge in [0, 0.05) is 12.2 Å². The molecule has 0 unspecified atom stereocenters. The maximum absolute atomic E-state index is 12.6. The van der Waals surface area contributed by atoms with Gasteiger partial charge in [-0.15, -0.1) is 16.8 Å². The lowest BCUT2D eigenvalue weighted by Crippen LogP contribution is -2.17. The Hall–Kier alpha value is -2.80. The number of allylic oxidation sites excluding steroid dienone is 1. The largest absolute Gasteiger partial charge is 0.461 e. The SMILES string of the molecule is C=CCn1c(SCC(=O)Nc2c(C)cccc2C(C)C)nnc1-c1ccco1. The number of amides is 1. The number of anilines is 1. The number of carbonyl (C=O) groups is 1. The van der Waals surface area contributed by atoms with Crippen molar-refractivity contribution in [1.82, 2.24) is 14.8 Å². The van der Waals surface area contributed by atoms with Crippen molar-refractivity contribution < 1.29 is 9.21 Å². The van der Waals surface area contributed by atoms with Gasteiger partial charge in [0.25, 0.3) is 0 Å². The molecule has 146 valence electrons. The minimum absolute atomic E-state index is 0.0751. The molecule has 7 heteroatoms. The molecular weight excluding hydrogens is 372 g/mol. The highest BCUT2D eigenvalue weighted by molar-refractivity contribution is 7.99. The molecule has 0 spiro atoms. The van der Waals surface area contributed by atoms with Gasteiger partial charge in [-0.3, -0.25) is 9.36 Å². The normalized spacial score (nSPS) is 11.0. The van der Waals surface area contributed by atoms with Crippen LogP contribution in [0.4, 0.5) is 5.69 Å². The molecule has 0 aliphatic heterocycles. The third-order valence-electron chi connectivity index (χ3n) is 4.29. The van der Waals surface area contributed by atoms with E-state index < -0.39 is 0 Å². The number of aryl methyl sites for hydroxylation is 1. The van der Waals surface area contributed by atoms with Crippen molar-refractivity contribution in [3.05, 3.63) is 60.4 Å². The van der Waals surface area contributed by atoms with Gasteiger partial charge in [0.15, 0.2) is 10.9 Å². The summed E-state index contributed by atoms with van der Waals surface area (Å²) in [6.07, 6.45) is 3.36.